The lowest BCUT2D eigenvalue weighted by Crippen LogP contribution is -2.03. The Morgan fingerprint density at radius 3 is 2.91 bits per heavy atom. The van der Waals surface area contributed by atoms with Gasteiger partial charge in [0.25, 0.3) is 0 Å². The molecule has 4 aromatic rings. The van der Waals surface area contributed by atoms with Crippen LogP contribution in [0.4, 0.5) is 0 Å². The van der Waals surface area contributed by atoms with Crippen LogP contribution in [0.25, 0.3) is 10.9 Å². The Kier molecular flexibility index (Phi) is 3.24. The summed E-state index contributed by atoms with van der Waals surface area (Å²) in [5.74, 6) is 0.186. The fourth-order valence-corrected chi connectivity index (χ4v) is 3.82. The second-order valence-electron chi connectivity index (χ2n) is 5.37. The second kappa shape index (κ2) is 5.39. The quantitative estimate of drug-likeness (QED) is 0.605. The molecule has 0 aliphatic heterocycles. The average Bonchev–Trinajstić information content (AvgIpc) is 3.22. The molecule has 1 N–H and O–H groups in total. The number of aryl methyl sites for hydroxylation is 1. The molecule has 1 aromatic carbocycles. The van der Waals surface area contributed by atoms with Crippen molar-refractivity contribution in [1.29, 1.82) is 0 Å². The highest BCUT2D eigenvalue weighted by molar-refractivity contribution is 7.10. The van der Waals surface area contributed by atoms with Crippen LogP contribution in [-0.4, -0.2) is 15.0 Å². The second-order valence-corrected chi connectivity index (χ2v) is 6.35. The standard InChI is InChI=1S/C18H15N3S/c1-12-8-14(9-13-4-2-6-20-18(12)13)17(15-10-19-11-21-15)16-5-3-7-22-16/h2-11,17H,1H3,(H,19,21). The molecule has 0 aliphatic rings. The highest BCUT2D eigenvalue weighted by atomic mass is 32.1. The maximum Gasteiger partial charge on any atom is 0.0922 e. The zero-order valence-corrected chi connectivity index (χ0v) is 13.0. The molecule has 0 radical (unpaired) electrons. The highest BCUT2D eigenvalue weighted by Gasteiger charge is 2.20. The molecule has 3 nitrogen and oxygen atoms in total. The normalized spacial score (nSPS) is 12.6. The Morgan fingerprint density at radius 1 is 1.18 bits per heavy atom. The number of aromatic amines is 1. The molecule has 1 atom stereocenters. The molecule has 0 amide bonds. The topological polar surface area (TPSA) is 41.6 Å². The summed E-state index contributed by atoms with van der Waals surface area (Å²) in [4.78, 5) is 13.3. The molecule has 0 aliphatic carbocycles. The first kappa shape index (κ1) is 13.2. The van der Waals surface area contributed by atoms with Gasteiger partial charge in [-0.2, -0.15) is 0 Å². The van der Waals surface area contributed by atoms with Gasteiger partial charge in [-0.25, -0.2) is 4.98 Å². The number of nitrogens with zero attached hydrogens (tertiary/aromatic N) is 2. The van der Waals surface area contributed by atoms with Gasteiger partial charge in [0, 0.05) is 28.4 Å². The van der Waals surface area contributed by atoms with Gasteiger partial charge in [0.1, 0.15) is 0 Å². The van der Waals surface area contributed by atoms with E-state index in [-0.39, 0.29) is 5.92 Å². The molecule has 0 saturated heterocycles. The summed E-state index contributed by atoms with van der Waals surface area (Å²) in [5, 5.41) is 3.30. The van der Waals surface area contributed by atoms with E-state index in [0.717, 1.165) is 11.2 Å². The molecule has 3 heterocycles. The number of H-pyrrole nitrogens is 1. The van der Waals surface area contributed by atoms with E-state index in [1.54, 1.807) is 17.7 Å². The van der Waals surface area contributed by atoms with E-state index in [2.05, 4.69) is 57.6 Å². The van der Waals surface area contributed by atoms with Crippen LogP contribution >= 0.6 is 11.3 Å². The van der Waals surface area contributed by atoms with Crippen molar-refractivity contribution >= 4 is 22.2 Å². The third kappa shape index (κ3) is 2.22. The van der Waals surface area contributed by atoms with Gasteiger partial charge in [0.2, 0.25) is 0 Å². The van der Waals surface area contributed by atoms with E-state index in [1.807, 2.05) is 18.5 Å². The van der Waals surface area contributed by atoms with Crippen LogP contribution in [0.3, 0.4) is 0 Å². The molecule has 0 bridgehead atoms. The zero-order chi connectivity index (χ0) is 14.9. The van der Waals surface area contributed by atoms with Gasteiger partial charge >= 0.3 is 0 Å². The summed E-state index contributed by atoms with van der Waals surface area (Å²) in [5.41, 5.74) is 4.66. The smallest absolute Gasteiger partial charge is 0.0922 e. The van der Waals surface area contributed by atoms with Gasteiger partial charge in [-0.05, 0) is 41.6 Å². The SMILES string of the molecule is Cc1cc(C(c2cnc[nH]2)c2cccs2)cc2cccnc12. The van der Waals surface area contributed by atoms with Gasteiger partial charge < -0.3 is 4.98 Å². The Bertz CT molecular complexity index is 861. The Hall–Kier alpha value is -2.46. The van der Waals surface area contributed by atoms with Gasteiger partial charge in [-0.15, -0.1) is 11.3 Å². The molecule has 0 fully saturated rings. The van der Waals surface area contributed by atoms with E-state index >= 15 is 0 Å². The van der Waals surface area contributed by atoms with Crippen LogP contribution < -0.4 is 0 Å². The lowest BCUT2D eigenvalue weighted by molar-refractivity contribution is 0.955. The van der Waals surface area contributed by atoms with Gasteiger partial charge in [-0.1, -0.05) is 18.2 Å². The molecule has 4 rings (SSSR count). The number of imidazole rings is 1. The van der Waals surface area contributed by atoms with Crippen molar-refractivity contribution in [1.82, 2.24) is 15.0 Å². The van der Waals surface area contributed by atoms with Crippen LogP contribution in [0.15, 0.2) is 60.5 Å². The lowest BCUT2D eigenvalue weighted by atomic mass is 9.91. The van der Waals surface area contributed by atoms with E-state index in [9.17, 15) is 0 Å². The first-order chi connectivity index (χ1) is 10.8. The van der Waals surface area contributed by atoms with Gasteiger partial charge in [0.05, 0.1) is 17.8 Å². The van der Waals surface area contributed by atoms with Crippen molar-refractivity contribution in [3.8, 4) is 0 Å². The third-order valence-electron chi connectivity index (χ3n) is 3.91. The summed E-state index contributed by atoms with van der Waals surface area (Å²) in [6.45, 7) is 2.12. The molecular weight excluding hydrogens is 290 g/mol. The largest absolute Gasteiger partial charge is 0.348 e. The van der Waals surface area contributed by atoms with Crippen LogP contribution in [-0.2, 0) is 0 Å². The lowest BCUT2D eigenvalue weighted by Gasteiger charge is -2.16. The van der Waals surface area contributed by atoms with Gasteiger partial charge in [0.15, 0.2) is 0 Å². The minimum absolute atomic E-state index is 0.186. The number of fused-ring (bicyclic) bond motifs is 1. The zero-order valence-electron chi connectivity index (χ0n) is 12.2. The molecular formula is C18H15N3S. The first-order valence-electron chi connectivity index (χ1n) is 7.20. The van der Waals surface area contributed by atoms with Crippen molar-refractivity contribution in [2.75, 3.05) is 0 Å². The Balaban J connectivity index is 1.93. The number of nitrogens with one attached hydrogen (secondary N) is 1. The molecule has 22 heavy (non-hydrogen) atoms. The average molecular weight is 305 g/mol. The highest BCUT2D eigenvalue weighted by Crippen LogP contribution is 2.35. The molecule has 3 aromatic heterocycles. The number of pyridine rings is 1. The minimum atomic E-state index is 0.186. The molecule has 0 spiro atoms. The summed E-state index contributed by atoms with van der Waals surface area (Å²) in [6.07, 6.45) is 5.50. The molecule has 1 unspecified atom stereocenters. The van der Waals surface area contributed by atoms with Crippen LogP contribution in [0.1, 0.15) is 27.6 Å². The third-order valence-corrected chi connectivity index (χ3v) is 4.85. The molecule has 4 heteroatoms. The summed E-state index contributed by atoms with van der Waals surface area (Å²) >= 11 is 1.77. The summed E-state index contributed by atoms with van der Waals surface area (Å²) in [6, 6.07) is 12.9. The maximum atomic E-state index is 4.49. The van der Waals surface area contributed by atoms with Crippen LogP contribution in [0.2, 0.25) is 0 Å². The van der Waals surface area contributed by atoms with E-state index in [0.29, 0.717) is 0 Å². The van der Waals surface area contributed by atoms with E-state index in [4.69, 9.17) is 0 Å². The Labute approximate surface area is 132 Å². The number of thiophene rings is 1. The fraction of sp³-hybridized carbons (Fsp3) is 0.111. The maximum absolute atomic E-state index is 4.49. The van der Waals surface area contributed by atoms with E-state index < -0.39 is 0 Å². The van der Waals surface area contributed by atoms with Crippen molar-refractivity contribution in [2.24, 2.45) is 0 Å². The molecule has 108 valence electrons. The van der Waals surface area contributed by atoms with Gasteiger partial charge in [-0.3, -0.25) is 4.98 Å². The predicted molar refractivity (Wildman–Crippen MR) is 90.3 cm³/mol. The number of aromatic nitrogens is 3. The first-order valence-corrected chi connectivity index (χ1v) is 8.08. The van der Waals surface area contributed by atoms with Crippen molar-refractivity contribution in [3.05, 3.63) is 82.2 Å². The van der Waals surface area contributed by atoms with Crippen molar-refractivity contribution in [2.45, 2.75) is 12.8 Å². The number of hydrogen-bond donors (Lipinski definition) is 1. The number of benzene rings is 1. The number of hydrogen-bond acceptors (Lipinski definition) is 3. The van der Waals surface area contributed by atoms with Crippen LogP contribution in [0, 0.1) is 6.92 Å². The fourth-order valence-electron chi connectivity index (χ4n) is 2.95. The molecule has 0 saturated carbocycles. The predicted octanol–water partition coefficient (Wildman–Crippen LogP) is 4.51. The Morgan fingerprint density at radius 2 is 2.14 bits per heavy atom. The minimum Gasteiger partial charge on any atom is -0.348 e. The summed E-state index contributed by atoms with van der Waals surface area (Å²) < 4.78 is 0. The summed E-state index contributed by atoms with van der Waals surface area (Å²) in [7, 11) is 0. The van der Waals surface area contributed by atoms with Crippen LogP contribution in [0.5, 0.6) is 0 Å². The van der Waals surface area contributed by atoms with Crippen molar-refractivity contribution in [3.63, 3.8) is 0 Å². The number of rotatable bonds is 3. The monoisotopic (exact) mass is 305 g/mol. The van der Waals surface area contributed by atoms with E-state index in [1.165, 1.54) is 21.4 Å². The van der Waals surface area contributed by atoms with Crippen molar-refractivity contribution < 1.29 is 0 Å².